The normalized spacial score (nSPS) is 14.3. The highest BCUT2D eigenvalue weighted by Gasteiger charge is 2.23. The van der Waals surface area contributed by atoms with Gasteiger partial charge in [-0.25, -0.2) is 0 Å². The van der Waals surface area contributed by atoms with Gasteiger partial charge in [0.25, 0.3) is 5.91 Å². The number of hydrogen-bond acceptors (Lipinski definition) is 5. The second kappa shape index (κ2) is 7.99. The summed E-state index contributed by atoms with van der Waals surface area (Å²) in [6.45, 7) is 3.67. The van der Waals surface area contributed by atoms with Crippen molar-refractivity contribution < 1.29 is 9.53 Å². The van der Waals surface area contributed by atoms with Gasteiger partial charge in [0.1, 0.15) is 10.6 Å². The summed E-state index contributed by atoms with van der Waals surface area (Å²) in [5.41, 5.74) is 1.82. The van der Waals surface area contributed by atoms with E-state index in [1.54, 1.807) is 19.1 Å². The van der Waals surface area contributed by atoms with E-state index in [0.29, 0.717) is 9.90 Å². The third-order valence-corrected chi connectivity index (χ3v) is 6.70. The van der Waals surface area contributed by atoms with Crippen LogP contribution in [0.25, 0.3) is 10.1 Å². The van der Waals surface area contributed by atoms with E-state index < -0.39 is 0 Å². The van der Waals surface area contributed by atoms with Crippen molar-refractivity contribution in [2.75, 3.05) is 50.1 Å². The van der Waals surface area contributed by atoms with Gasteiger partial charge in [-0.15, -0.1) is 11.3 Å². The molecule has 0 aliphatic carbocycles. The van der Waals surface area contributed by atoms with Crippen molar-refractivity contribution in [1.82, 2.24) is 5.32 Å². The Hall–Kier alpha value is -2.28. The monoisotopic (exact) mass is 415 g/mol. The van der Waals surface area contributed by atoms with Crippen LogP contribution < -0.4 is 19.9 Å². The second-order valence-electron chi connectivity index (χ2n) is 6.70. The number of benzene rings is 2. The topological polar surface area (TPSA) is 44.8 Å². The quantitative estimate of drug-likeness (QED) is 0.691. The van der Waals surface area contributed by atoms with Crippen LogP contribution in [0.4, 0.5) is 11.4 Å². The first kappa shape index (κ1) is 19.1. The van der Waals surface area contributed by atoms with Gasteiger partial charge in [-0.1, -0.05) is 29.8 Å². The Morgan fingerprint density at radius 2 is 1.96 bits per heavy atom. The van der Waals surface area contributed by atoms with Crippen molar-refractivity contribution in [2.45, 2.75) is 0 Å². The van der Waals surface area contributed by atoms with Crippen molar-refractivity contribution in [3.63, 3.8) is 0 Å². The van der Waals surface area contributed by atoms with E-state index in [9.17, 15) is 4.79 Å². The van der Waals surface area contributed by atoms with Gasteiger partial charge in [0.15, 0.2) is 0 Å². The maximum absolute atomic E-state index is 13.2. The van der Waals surface area contributed by atoms with Gasteiger partial charge < -0.3 is 19.9 Å². The van der Waals surface area contributed by atoms with Gasteiger partial charge in [0, 0.05) is 49.0 Å². The smallest absolute Gasteiger partial charge is 0.269 e. The molecule has 0 atom stereocenters. The zero-order chi connectivity index (χ0) is 19.7. The van der Waals surface area contributed by atoms with Crippen LogP contribution in [0.1, 0.15) is 9.67 Å². The van der Waals surface area contributed by atoms with Crippen LogP contribution in [0.3, 0.4) is 0 Å². The zero-order valence-electron chi connectivity index (χ0n) is 15.9. The standard InChI is InChI=1S/C21H22ClN3O2S/c1-24(21(26)20-19(22)15-5-3-4-6-18(15)28-20)14-7-8-17(27-2)16(13-14)25-11-9-23-10-12-25/h3-8,13,23H,9-12H2,1-2H3. The molecule has 1 saturated heterocycles. The van der Waals surface area contributed by atoms with Crippen LogP contribution >= 0.6 is 22.9 Å². The van der Waals surface area contributed by atoms with Gasteiger partial charge in [-0.2, -0.15) is 0 Å². The molecule has 3 aromatic rings. The van der Waals surface area contributed by atoms with Gasteiger partial charge in [-0.05, 0) is 24.3 Å². The molecule has 0 bridgehead atoms. The maximum Gasteiger partial charge on any atom is 0.269 e. The van der Waals surface area contributed by atoms with Crippen LogP contribution in [0, 0.1) is 0 Å². The minimum atomic E-state index is -0.109. The fourth-order valence-electron chi connectivity index (χ4n) is 3.46. The third kappa shape index (κ3) is 3.43. The number of nitrogens with one attached hydrogen (secondary N) is 1. The summed E-state index contributed by atoms with van der Waals surface area (Å²) in [6.07, 6.45) is 0. The highest BCUT2D eigenvalue weighted by molar-refractivity contribution is 7.21. The Labute approximate surface area is 173 Å². The average Bonchev–Trinajstić information content (AvgIpc) is 3.09. The van der Waals surface area contributed by atoms with Gasteiger partial charge in [0.2, 0.25) is 0 Å². The largest absolute Gasteiger partial charge is 0.495 e. The van der Waals surface area contributed by atoms with E-state index >= 15 is 0 Å². The van der Waals surface area contributed by atoms with Crippen LogP contribution in [-0.4, -0.2) is 46.2 Å². The number of carbonyl (C=O) groups excluding carboxylic acids is 1. The van der Waals surface area contributed by atoms with Crippen molar-refractivity contribution in [3.05, 3.63) is 52.4 Å². The maximum atomic E-state index is 13.2. The number of anilines is 2. The Balaban J connectivity index is 1.67. The molecule has 1 aromatic heterocycles. The SMILES string of the molecule is COc1ccc(N(C)C(=O)c2sc3ccccc3c2Cl)cc1N1CCNCC1. The van der Waals surface area contributed by atoms with Gasteiger partial charge in [-0.3, -0.25) is 4.79 Å². The highest BCUT2D eigenvalue weighted by atomic mass is 35.5. The van der Waals surface area contributed by atoms with E-state index in [1.807, 2.05) is 42.5 Å². The number of nitrogens with zero attached hydrogens (tertiary/aromatic N) is 2. The molecule has 0 saturated carbocycles. The van der Waals surface area contributed by atoms with Crippen LogP contribution in [0.15, 0.2) is 42.5 Å². The number of fused-ring (bicyclic) bond motifs is 1. The van der Waals surface area contributed by atoms with Crippen molar-refractivity contribution >= 4 is 50.3 Å². The van der Waals surface area contributed by atoms with Crippen molar-refractivity contribution in [3.8, 4) is 5.75 Å². The molecule has 1 aliphatic rings. The Bertz CT molecular complexity index is 1010. The minimum absolute atomic E-state index is 0.109. The molecule has 0 spiro atoms. The summed E-state index contributed by atoms with van der Waals surface area (Å²) >= 11 is 7.94. The molecule has 0 radical (unpaired) electrons. The fraction of sp³-hybridized carbons (Fsp3) is 0.286. The molecule has 5 nitrogen and oxygen atoms in total. The van der Waals surface area contributed by atoms with Gasteiger partial charge in [0.05, 0.1) is 17.8 Å². The number of rotatable bonds is 4. The Kier molecular flexibility index (Phi) is 5.44. The molecule has 2 aromatic carbocycles. The van der Waals surface area contributed by atoms with Crippen molar-refractivity contribution in [1.29, 1.82) is 0 Å². The van der Waals surface area contributed by atoms with Crippen LogP contribution in [-0.2, 0) is 0 Å². The number of methoxy groups -OCH3 is 1. The van der Waals surface area contributed by atoms with Crippen molar-refractivity contribution in [2.24, 2.45) is 0 Å². The number of thiophene rings is 1. The number of carbonyl (C=O) groups is 1. The zero-order valence-corrected chi connectivity index (χ0v) is 17.4. The summed E-state index contributed by atoms with van der Waals surface area (Å²) in [5.74, 6) is 0.703. The number of amides is 1. The van der Waals surface area contributed by atoms with E-state index in [4.69, 9.17) is 16.3 Å². The lowest BCUT2D eigenvalue weighted by atomic mass is 10.2. The molecule has 1 N–H and O–H groups in total. The summed E-state index contributed by atoms with van der Waals surface area (Å²) in [7, 11) is 3.46. The lowest BCUT2D eigenvalue weighted by molar-refractivity contribution is 0.0997. The molecule has 1 aliphatic heterocycles. The number of hydrogen-bond donors (Lipinski definition) is 1. The molecular formula is C21H22ClN3O2S. The van der Waals surface area contributed by atoms with E-state index in [2.05, 4.69) is 10.2 Å². The molecule has 4 rings (SSSR count). The Morgan fingerprint density at radius 3 is 2.68 bits per heavy atom. The first-order valence-corrected chi connectivity index (χ1v) is 10.4. The van der Waals surface area contributed by atoms with Crippen LogP contribution in [0.2, 0.25) is 5.02 Å². The van der Waals surface area contributed by atoms with E-state index in [0.717, 1.165) is 53.4 Å². The van der Waals surface area contributed by atoms with Crippen LogP contribution in [0.5, 0.6) is 5.75 Å². The molecule has 1 amide bonds. The summed E-state index contributed by atoms with van der Waals surface area (Å²) < 4.78 is 6.57. The summed E-state index contributed by atoms with van der Waals surface area (Å²) in [5, 5.41) is 4.80. The summed E-state index contributed by atoms with van der Waals surface area (Å²) in [4.78, 5) is 17.7. The molecule has 28 heavy (non-hydrogen) atoms. The van der Waals surface area contributed by atoms with E-state index in [1.165, 1.54) is 11.3 Å². The Morgan fingerprint density at radius 1 is 1.21 bits per heavy atom. The molecule has 146 valence electrons. The minimum Gasteiger partial charge on any atom is -0.495 e. The number of piperazine rings is 1. The van der Waals surface area contributed by atoms with Gasteiger partial charge >= 0.3 is 0 Å². The average molecular weight is 416 g/mol. The molecule has 2 heterocycles. The molecule has 7 heteroatoms. The molecular weight excluding hydrogens is 394 g/mol. The third-order valence-electron chi connectivity index (χ3n) is 5.04. The number of halogens is 1. The molecule has 0 unspecified atom stereocenters. The highest BCUT2D eigenvalue weighted by Crippen LogP contribution is 2.38. The van der Waals surface area contributed by atoms with E-state index in [-0.39, 0.29) is 5.91 Å². The predicted molar refractivity (Wildman–Crippen MR) is 118 cm³/mol. The first-order valence-electron chi connectivity index (χ1n) is 9.19. The lowest BCUT2D eigenvalue weighted by Gasteiger charge is -2.31. The first-order chi connectivity index (χ1) is 13.6. The summed E-state index contributed by atoms with van der Waals surface area (Å²) in [6, 6.07) is 13.7. The second-order valence-corrected chi connectivity index (χ2v) is 8.13. The number of ether oxygens (including phenoxy) is 1. The fourth-order valence-corrected chi connectivity index (χ4v) is 4.95. The molecule has 1 fully saturated rings. The predicted octanol–water partition coefficient (Wildman–Crippen LogP) is 4.25. The lowest BCUT2D eigenvalue weighted by Crippen LogP contribution is -2.43.